The van der Waals surface area contributed by atoms with Crippen LogP contribution in [0, 0.1) is 0 Å². The van der Waals surface area contributed by atoms with Gasteiger partial charge in [0.1, 0.15) is 0 Å². The van der Waals surface area contributed by atoms with Gasteiger partial charge in [0.15, 0.2) is 0 Å². The Morgan fingerprint density at radius 2 is 1.74 bits per heavy atom. The molecule has 1 heterocycles. The molecular formula is C13H20N2O3S. The van der Waals surface area contributed by atoms with Crippen LogP contribution in [0.2, 0.25) is 0 Å². The zero-order chi connectivity index (χ0) is 13.7. The molecule has 106 valence electrons. The van der Waals surface area contributed by atoms with Crippen LogP contribution in [0.25, 0.3) is 0 Å². The van der Waals surface area contributed by atoms with Gasteiger partial charge in [-0.15, -0.1) is 0 Å². The number of nitrogens with one attached hydrogen (secondary N) is 1. The third-order valence-electron chi connectivity index (χ3n) is 3.07. The van der Waals surface area contributed by atoms with Crippen LogP contribution >= 0.6 is 0 Å². The van der Waals surface area contributed by atoms with Crippen molar-refractivity contribution in [3.8, 4) is 0 Å². The Kier molecular flexibility index (Phi) is 4.93. The van der Waals surface area contributed by atoms with Crippen LogP contribution in [-0.4, -0.2) is 45.9 Å². The van der Waals surface area contributed by atoms with E-state index in [-0.39, 0.29) is 0 Å². The molecule has 1 aliphatic heterocycles. The number of benzene rings is 1. The molecule has 19 heavy (non-hydrogen) atoms. The highest BCUT2D eigenvalue weighted by Gasteiger charge is 2.10. The predicted octanol–water partition coefficient (Wildman–Crippen LogP) is 0.568. The van der Waals surface area contributed by atoms with Crippen LogP contribution in [-0.2, 0) is 27.8 Å². The highest BCUT2D eigenvalue weighted by molar-refractivity contribution is 7.88. The highest BCUT2D eigenvalue weighted by atomic mass is 32.2. The van der Waals surface area contributed by atoms with Crippen molar-refractivity contribution in [2.24, 2.45) is 0 Å². The maximum Gasteiger partial charge on any atom is 0.209 e. The first-order valence-corrected chi connectivity index (χ1v) is 8.25. The molecule has 0 bridgehead atoms. The van der Waals surface area contributed by atoms with Crippen molar-refractivity contribution in [2.75, 3.05) is 32.6 Å². The molecule has 1 aliphatic rings. The van der Waals surface area contributed by atoms with Crippen LogP contribution in [0.1, 0.15) is 11.1 Å². The van der Waals surface area contributed by atoms with Crippen molar-refractivity contribution in [2.45, 2.75) is 13.1 Å². The lowest BCUT2D eigenvalue weighted by molar-refractivity contribution is 0.0342. The molecule has 5 nitrogen and oxygen atoms in total. The summed E-state index contributed by atoms with van der Waals surface area (Å²) in [6.07, 6.45) is 1.17. The Morgan fingerprint density at radius 3 is 2.32 bits per heavy atom. The number of hydrogen-bond donors (Lipinski definition) is 1. The van der Waals surface area contributed by atoms with Gasteiger partial charge in [-0.05, 0) is 11.1 Å². The lowest BCUT2D eigenvalue weighted by Crippen LogP contribution is -2.35. The SMILES string of the molecule is CS(=O)(=O)NCc1ccc(CN2CCOCC2)cc1. The lowest BCUT2D eigenvalue weighted by Gasteiger charge is -2.26. The fourth-order valence-corrected chi connectivity index (χ4v) is 2.42. The average molecular weight is 284 g/mol. The lowest BCUT2D eigenvalue weighted by atomic mass is 10.1. The van der Waals surface area contributed by atoms with E-state index < -0.39 is 10.0 Å². The average Bonchev–Trinajstić information content (AvgIpc) is 2.38. The second-order valence-corrected chi connectivity index (χ2v) is 6.63. The summed E-state index contributed by atoms with van der Waals surface area (Å²) in [5, 5.41) is 0. The van der Waals surface area contributed by atoms with Gasteiger partial charge in [-0.2, -0.15) is 0 Å². The maximum atomic E-state index is 11.0. The van der Waals surface area contributed by atoms with Gasteiger partial charge < -0.3 is 4.74 Å². The summed E-state index contributed by atoms with van der Waals surface area (Å²) in [6, 6.07) is 8.03. The third kappa shape index (κ3) is 5.28. The van der Waals surface area contributed by atoms with Gasteiger partial charge in [-0.1, -0.05) is 24.3 Å². The Bertz CT molecular complexity index is 493. The van der Waals surface area contributed by atoms with Gasteiger partial charge >= 0.3 is 0 Å². The molecule has 1 saturated heterocycles. The molecule has 0 aliphatic carbocycles. The summed E-state index contributed by atoms with van der Waals surface area (Å²) < 4.78 is 29.8. The van der Waals surface area contributed by atoms with Gasteiger partial charge in [0, 0.05) is 26.2 Å². The second kappa shape index (κ2) is 6.47. The molecule has 0 atom stereocenters. The monoisotopic (exact) mass is 284 g/mol. The quantitative estimate of drug-likeness (QED) is 0.859. The van der Waals surface area contributed by atoms with Crippen LogP contribution < -0.4 is 4.72 Å². The first kappa shape index (κ1) is 14.5. The van der Waals surface area contributed by atoms with E-state index in [1.165, 1.54) is 11.8 Å². The molecule has 1 aromatic rings. The van der Waals surface area contributed by atoms with Crippen molar-refractivity contribution in [1.82, 2.24) is 9.62 Å². The van der Waals surface area contributed by atoms with Crippen molar-refractivity contribution in [3.05, 3.63) is 35.4 Å². The largest absolute Gasteiger partial charge is 0.379 e. The molecule has 0 unspecified atom stereocenters. The molecule has 0 saturated carbocycles. The van der Waals surface area contributed by atoms with Gasteiger partial charge in [0.25, 0.3) is 0 Å². The summed E-state index contributed by atoms with van der Waals surface area (Å²) >= 11 is 0. The smallest absolute Gasteiger partial charge is 0.209 e. The molecule has 0 radical (unpaired) electrons. The van der Waals surface area contributed by atoms with Crippen LogP contribution in [0.3, 0.4) is 0 Å². The second-order valence-electron chi connectivity index (χ2n) is 4.80. The Balaban J connectivity index is 1.87. The minimum absolute atomic E-state index is 0.344. The first-order chi connectivity index (χ1) is 9.03. The standard InChI is InChI=1S/C13H20N2O3S/c1-19(16,17)14-10-12-2-4-13(5-3-12)11-15-6-8-18-9-7-15/h2-5,14H,6-11H2,1H3. The van der Waals surface area contributed by atoms with E-state index in [0.29, 0.717) is 6.54 Å². The van der Waals surface area contributed by atoms with Gasteiger partial charge in [-0.25, -0.2) is 13.1 Å². The molecule has 1 aromatic carbocycles. The molecule has 1 fully saturated rings. The van der Waals surface area contributed by atoms with E-state index in [1.807, 2.05) is 12.1 Å². The molecule has 6 heteroatoms. The Hall–Kier alpha value is -0.950. The molecule has 2 rings (SSSR count). The predicted molar refractivity (Wildman–Crippen MR) is 74.2 cm³/mol. The topological polar surface area (TPSA) is 58.6 Å². The van der Waals surface area contributed by atoms with E-state index in [4.69, 9.17) is 4.74 Å². The van der Waals surface area contributed by atoms with Crippen LogP contribution in [0.5, 0.6) is 0 Å². The zero-order valence-electron chi connectivity index (χ0n) is 11.1. The van der Waals surface area contributed by atoms with E-state index in [0.717, 1.165) is 38.4 Å². The minimum atomic E-state index is -3.13. The van der Waals surface area contributed by atoms with Crippen molar-refractivity contribution >= 4 is 10.0 Å². The van der Waals surface area contributed by atoms with Crippen molar-refractivity contribution in [1.29, 1.82) is 0 Å². The minimum Gasteiger partial charge on any atom is -0.379 e. The summed E-state index contributed by atoms with van der Waals surface area (Å²) in [6.45, 7) is 4.81. The summed E-state index contributed by atoms with van der Waals surface area (Å²) in [5.41, 5.74) is 2.21. The van der Waals surface area contributed by atoms with Crippen molar-refractivity contribution < 1.29 is 13.2 Å². The highest BCUT2D eigenvalue weighted by Crippen LogP contribution is 2.09. The van der Waals surface area contributed by atoms with E-state index >= 15 is 0 Å². The van der Waals surface area contributed by atoms with Crippen LogP contribution in [0.4, 0.5) is 0 Å². The number of hydrogen-bond acceptors (Lipinski definition) is 4. The maximum absolute atomic E-state index is 11.0. The van der Waals surface area contributed by atoms with E-state index in [2.05, 4.69) is 21.8 Å². The third-order valence-corrected chi connectivity index (χ3v) is 3.74. The normalized spacial score (nSPS) is 17.5. The molecule has 1 N–H and O–H groups in total. The summed E-state index contributed by atoms with van der Waals surface area (Å²) in [4.78, 5) is 2.35. The van der Waals surface area contributed by atoms with E-state index in [1.54, 1.807) is 0 Å². The summed E-state index contributed by atoms with van der Waals surface area (Å²) in [5.74, 6) is 0. The molecular weight excluding hydrogens is 264 g/mol. The number of rotatable bonds is 5. The van der Waals surface area contributed by atoms with Gasteiger partial charge in [0.05, 0.1) is 19.5 Å². The van der Waals surface area contributed by atoms with Gasteiger partial charge in [0.2, 0.25) is 10.0 Å². The van der Waals surface area contributed by atoms with Crippen LogP contribution in [0.15, 0.2) is 24.3 Å². The number of sulfonamides is 1. The van der Waals surface area contributed by atoms with Gasteiger partial charge in [-0.3, -0.25) is 4.90 Å². The number of morpholine rings is 1. The first-order valence-electron chi connectivity index (χ1n) is 6.35. The van der Waals surface area contributed by atoms with Crippen molar-refractivity contribution in [3.63, 3.8) is 0 Å². The molecule has 0 amide bonds. The Labute approximate surface area is 114 Å². The number of ether oxygens (including phenoxy) is 1. The molecule has 0 aromatic heterocycles. The Morgan fingerprint density at radius 1 is 1.16 bits per heavy atom. The van der Waals surface area contributed by atoms with E-state index in [9.17, 15) is 8.42 Å². The molecule has 0 spiro atoms. The number of nitrogens with zero attached hydrogens (tertiary/aromatic N) is 1. The zero-order valence-corrected chi connectivity index (χ0v) is 11.9. The summed E-state index contributed by atoms with van der Waals surface area (Å²) in [7, 11) is -3.13. The fraction of sp³-hybridized carbons (Fsp3) is 0.538. The fourth-order valence-electron chi connectivity index (χ4n) is 1.99.